The average molecular weight is 308 g/mol. The van der Waals surface area contributed by atoms with Crippen molar-refractivity contribution in [1.29, 1.82) is 0 Å². The normalized spacial score (nSPS) is 11.3. The zero-order valence-corrected chi connectivity index (χ0v) is 12.3. The summed E-state index contributed by atoms with van der Waals surface area (Å²) in [7, 11) is 0. The molecule has 0 amide bonds. The maximum Gasteiger partial charge on any atom is 0.328 e. The van der Waals surface area contributed by atoms with Gasteiger partial charge in [-0.25, -0.2) is 9.59 Å². The fraction of sp³-hybridized carbons (Fsp3) is 0.267. The fourth-order valence-electron chi connectivity index (χ4n) is 1.35. The van der Waals surface area contributed by atoms with Crippen LogP contribution in [0.25, 0.3) is 0 Å². The third-order valence-corrected chi connectivity index (χ3v) is 2.30. The van der Waals surface area contributed by atoms with Gasteiger partial charge in [0.05, 0.1) is 6.20 Å². The van der Waals surface area contributed by atoms with Gasteiger partial charge in [0.15, 0.2) is 0 Å². The Bertz CT molecular complexity index is 495. The molecule has 0 aliphatic heterocycles. The van der Waals surface area contributed by atoms with Crippen molar-refractivity contribution in [2.45, 2.75) is 19.4 Å². The average Bonchev–Trinajstić information content (AvgIpc) is 2.46. The number of nitrogens with zero attached hydrogens (tertiary/aromatic N) is 1. The molecule has 0 saturated heterocycles. The minimum absolute atomic E-state index is 0.209. The molecule has 0 aliphatic rings. The third kappa shape index (κ3) is 11.2. The molecule has 7 heteroatoms. The Hall–Kier alpha value is -2.67. The van der Waals surface area contributed by atoms with E-state index < -0.39 is 11.9 Å². The molecule has 1 atom stereocenters. The first-order chi connectivity index (χ1) is 10.3. The Morgan fingerprint density at radius 3 is 2.32 bits per heavy atom. The highest BCUT2D eigenvalue weighted by molar-refractivity contribution is 5.89. The van der Waals surface area contributed by atoms with Crippen LogP contribution in [-0.4, -0.2) is 44.8 Å². The van der Waals surface area contributed by atoms with Crippen LogP contribution in [0.1, 0.15) is 12.6 Å². The van der Waals surface area contributed by atoms with Crippen LogP contribution in [0.3, 0.4) is 0 Å². The number of nitrogens with one attached hydrogen (secondary N) is 1. The van der Waals surface area contributed by atoms with Gasteiger partial charge in [-0.3, -0.25) is 4.98 Å². The highest BCUT2D eigenvalue weighted by Gasteiger charge is 2.02. The molecule has 1 unspecified atom stereocenters. The van der Waals surface area contributed by atoms with Crippen molar-refractivity contribution < 1.29 is 24.9 Å². The van der Waals surface area contributed by atoms with Gasteiger partial charge in [-0.1, -0.05) is 6.08 Å². The van der Waals surface area contributed by atoms with Crippen LogP contribution in [0.2, 0.25) is 0 Å². The van der Waals surface area contributed by atoms with Gasteiger partial charge < -0.3 is 20.6 Å². The van der Waals surface area contributed by atoms with Crippen molar-refractivity contribution in [3.8, 4) is 5.75 Å². The van der Waals surface area contributed by atoms with Gasteiger partial charge in [0, 0.05) is 36.9 Å². The molecule has 7 nitrogen and oxygen atoms in total. The molecule has 0 radical (unpaired) electrons. The van der Waals surface area contributed by atoms with Crippen LogP contribution in [0.5, 0.6) is 5.75 Å². The van der Waals surface area contributed by atoms with Gasteiger partial charge in [0.2, 0.25) is 0 Å². The molecule has 120 valence electrons. The van der Waals surface area contributed by atoms with Crippen LogP contribution < -0.4 is 5.32 Å². The summed E-state index contributed by atoms with van der Waals surface area (Å²) in [5.41, 5.74) is 0.979. The molecule has 1 heterocycles. The molecule has 1 aromatic rings. The molecule has 22 heavy (non-hydrogen) atoms. The van der Waals surface area contributed by atoms with E-state index in [-0.39, 0.29) is 5.75 Å². The summed E-state index contributed by atoms with van der Waals surface area (Å²) in [6.07, 6.45) is 5.27. The molecule has 1 rings (SSSR count). The maximum atomic E-state index is 9.55. The van der Waals surface area contributed by atoms with Crippen LogP contribution in [0.4, 0.5) is 0 Å². The third-order valence-electron chi connectivity index (χ3n) is 2.30. The topological polar surface area (TPSA) is 120 Å². The van der Waals surface area contributed by atoms with Crippen LogP contribution in [0.15, 0.2) is 43.1 Å². The summed E-state index contributed by atoms with van der Waals surface area (Å²) in [5, 5.41) is 27.9. The van der Waals surface area contributed by atoms with Gasteiger partial charge in [-0.15, -0.1) is 6.58 Å². The van der Waals surface area contributed by atoms with Gasteiger partial charge in [0.1, 0.15) is 5.75 Å². The molecule has 0 fully saturated rings. The zero-order valence-electron chi connectivity index (χ0n) is 12.3. The second kappa shape index (κ2) is 11.0. The molecule has 0 saturated carbocycles. The molecule has 4 N–H and O–H groups in total. The summed E-state index contributed by atoms with van der Waals surface area (Å²) < 4.78 is 0. The molecule has 0 aliphatic carbocycles. The largest absolute Gasteiger partial charge is 0.506 e. The second-order valence-electron chi connectivity index (χ2n) is 4.32. The van der Waals surface area contributed by atoms with E-state index in [9.17, 15) is 9.59 Å². The molecule has 0 spiro atoms. The van der Waals surface area contributed by atoms with Crippen molar-refractivity contribution in [1.82, 2.24) is 10.3 Å². The highest BCUT2D eigenvalue weighted by Crippen LogP contribution is 2.07. The first kappa shape index (κ1) is 19.3. The molecule has 0 aromatic carbocycles. The summed E-state index contributed by atoms with van der Waals surface area (Å²) in [5.74, 6) is -2.31. The minimum atomic E-state index is -1.26. The Kier molecular flexibility index (Phi) is 9.70. The predicted molar refractivity (Wildman–Crippen MR) is 81.7 cm³/mol. The molecule has 1 aromatic heterocycles. The van der Waals surface area contributed by atoms with E-state index >= 15 is 0 Å². The minimum Gasteiger partial charge on any atom is -0.506 e. The quantitative estimate of drug-likeness (QED) is 0.441. The number of pyridine rings is 1. The van der Waals surface area contributed by atoms with Crippen molar-refractivity contribution in [2.75, 3.05) is 6.54 Å². The summed E-state index contributed by atoms with van der Waals surface area (Å²) in [6.45, 7) is 6.54. The van der Waals surface area contributed by atoms with E-state index in [1.807, 2.05) is 12.1 Å². The Morgan fingerprint density at radius 2 is 1.91 bits per heavy atom. The van der Waals surface area contributed by atoms with Crippen molar-refractivity contribution in [3.05, 3.63) is 48.8 Å². The summed E-state index contributed by atoms with van der Waals surface area (Å²) >= 11 is 0. The summed E-state index contributed by atoms with van der Waals surface area (Å²) in [6, 6.07) is 3.86. The van der Waals surface area contributed by atoms with E-state index in [1.165, 1.54) is 6.20 Å². The Labute approximate surface area is 128 Å². The van der Waals surface area contributed by atoms with Gasteiger partial charge in [-0.05, 0) is 19.1 Å². The Morgan fingerprint density at radius 1 is 1.32 bits per heavy atom. The lowest BCUT2D eigenvalue weighted by Gasteiger charge is -2.11. The second-order valence-corrected chi connectivity index (χ2v) is 4.32. The SMILES string of the molecule is C=CCNC(C)Cc1ccc(O)cn1.O=C(O)C=CC(=O)O. The lowest BCUT2D eigenvalue weighted by Crippen LogP contribution is -2.28. The first-order valence-electron chi connectivity index (χ1n) is 6.47. The monoisotopic (exact) mass is 308 g/mol. The van der Waals surface area contributed by atoms with Gasteiger partial charge >= 0.3 is 11.9 Å². The Balaban J connectivity index is 0.000000472. The van der Waals surface area contributed by atoms with E-state index in [2.05, 4.69) is 23.8 Å². The van der Waals surface area contributed by atoms with E-state index in [0.717, 1.165) is 18.7 Å². The van der Waals surface area contributed by atoms with E-state index in [4.69, 9.17) is 15.3 Å². The van der Waals surface area contributed by atoms with Gasteiger partial charge in [0.25, 0.3) is 0 Å². The highest BCUT2D eigenvalue weighted by atomic mass is 16.4. The number of carboxylic acid groups (broad SMARTS) is 2. The van der Waals surface area contributed by atoms with E-state index in [0.29, 0.717) is 18.2 Å². The van der Waals surface area contributed by atoms with E-state index in [1.54, 1.807) is 6.07 Å². The molecular weight excluding hydrogens is 288 g/mol. The van der Waals surface area contributed by atoms with Crippen LogP contribution in [-0.2, 0) is 16.0 Å². The number of hydrogen-bond donors (Lipinski definition) is 4. The number of aromatic hydroxyl groups is 1. The predicted octanol–water partition coefficient (Wildman–Crippen LogP) is 1.21. The number of rotatable bonds is 7. The number of aromatic nitrogens is 1. The molecular formula is C15H20N2O5. The van der Waals surface area contributed by atoms with Crippen LogP contribution in [0, 0.1) is 0 Å². The van der Waals surface area contributed by atoms with Crippen molar-refractivity contribution in [2.24, 2.45) is 0 Å². The van der Waals surface area contributed by atoms with Crippen molar-refractivity contribution in [3.63, 3.8) is 0 Å². The number of carbonyl (C=O) groups is 2. The lowest BCUT2D eigenvalue weighted by molar-refractivity contribution is -0.134. The summed E-state index contributed by atoms with van der Waals surface area (Å²) in [4.78, 5) is 23.2. The fourth-order valence-corrected chi connectivity index (χ4v) is 1.35. The maximum absolute atomic E-state index is 9.55. The standard InChI is InChI=1S/C11H16N2O.C4H4O4/c1-3-6-12-9(2)7-10-4-5-11(14)8-13-10;5-3(6)1-2-4(7)8/h3-5,8-9,12,14H,1,6-7H2,2H3;1-2H,(H,5,6)(H,7,8). The number of carboxylic acids is 2. The lowest BCUT2D eigenvalue weighted by atomic mass is 10.1. The van der Waals surface area contributed by atoms with Crippen LogP contribution >= 0.6 is 0 Å². The van der Waals surface area contributed by atoms with Crippen molar-refractivity contribution >= 4 is 11.9 Å². The smallest absolute Gasteiger partial charge is 0.328 e. The number of hydrogen-bond acceptors (Lipinski definition) is 5. The zero-order chi connectivity index (χ0) is 17.0. The number of aliphatic carboxylic acids is 2. The van der Waals surface area contributed by atoms with Gasteiger partial charge in [-0.2, -0.15) is 0 Å². The molecule has 0 bridgehead atoms. The first-order valence-corrected chi connectivity index (χ1v) is 6.47.